The van der Waals surface area contributed by atoms with Crippen LogP contribution in [-0.4, -0.2) is 77.6 Å². The molecule has 0 aromatic heterocycles. The Morgan fingerprint density at radius 1 is 0.947 bits per heavy atom. The van der Waals surface area contributed by atoms with Gasteiger partial charge in [0.15, 0.2) is 0 Å². The van der Waals surface area contributed by atoms with Gasteiger partial charge >= 0.3 is 6.03 Å². The highest BCUT2D eigenvalue weighted by molar-refractivity contribution is 7.97. The van der Waals surface area contributed by atoms with E-state index in [2.05, 4.69) is 15.4 Å². The fraction of sp³-hybridized carbons (Fsp3) is 0.423. The lowest BCUT2D eigenvalue weighted by molar-refractivity contribution is -0.142. The third-order valence-electron chi connectivity index (χ3n) is 5.93. The predicted molar refractivity (Wildman–Crippen MR) is 151 cm³/mol. The molecular formula is C26H33Cl2N5O4S. The minimum absolute atomic E-state index is 0.182. The SMILES string of the molecule is CC(C)CC(NC(=O)Nc1ccccc1)C(=O)N1CCN(C(=O)[C@H](CO)NSc2ccc(Cl)cc2Cl)CC1. The fourth-order valence-corrected chi connectivity index (χ4v) is 5.25. The normalized spacial score (nSPS) is 15.2. The second-order valence-corrected chi connectivity index (χ2v) is 11.1. The van der Waals surface area contributed by atoms with Gasteiger partial charge in [-0.15, -0.1) is 0 Å². The molecule has 3 rings (SSSR count). The van der Waals surface area contributed by atoms with Crippen LogP contribution in [0.4, 0.5) is 10.5 Å². The van der Waals surface area contributed by atoms with Crippen LogP contribution in [0.5, 0.6) is 0 Å². The van der Waals surface area contributed by atoms with Crippen molar-refractivity contribution in [3.63, 3.8) is 0 Å². The lowest BCUT2D eigenvalue weighted by Crippen LogP contribution is -2.58. The summed E-state index contributed by atoms with van der Waals surface area (Å²) in [6.45, 7) is 4.88. The molecule has 1 aliphatic rings. The number of nitrogens with one attached hydrogen (secondary N) is 3. The van der Waals surface area contributed by atoms with E-state index in [0.29, 0.717) is 53.2 Å². The second-order valence-electron chi connectivity index (χ2n) is 9.33. The molecule has 1 aliphatic heterocycles. The number of piperazine rings is 1. The summed E-state index contributed by atoms with van der Waals surface area (Å²) in [5.41, 5.74) is 0.636. The highest BCUT2D eigenvalue weighted by Gasteiger charge is 2.32. The number of anilines is 1. The minimum atomic E-state index is -0.842. The van der Waals surface area contributed by atoms with Gasteiger partial charge in [0, 0.05) is 41.8 Å². The van der Waals surface area contributed by atoms with Crippen molar-refractivity contribution in [2.24, 2.45) is 5.92 Å². The van der Waals surface area contributed by atoms with Crippen LogP contribution in [0.3, 0.4) is 0 Å². The zero-order valence-corrected chi connectivity index (χ0v) is 23.7. The first-order chi connectivity index (χ1) is 18.2. The number of nitrogens with zero attached hydrogens (tertiary/aromatic N) is 2. The maximum absolute atomic E-state index is 13.3. The van der Waals surface area contributed by atoms with Crippen LogP contribution >= 0.6 is 35.1 Å². The van der Waals surface area contributed by atoms with Crippen LogP contribution in [0.25, 0.3) is 0 Å². The lowest BCUT2D eigenvalue weighted by Gasteiger charge is -2.38. The molecule has 0 radical (unpaired) electrons. The Bertz CT molecular complexity index is 1100. The fourth-order valence-electron chi connectivity index (χ4n) is 3.99. The minimum Gasteiger partial charge on any atom is -0.394 e. The highest BCUT2D eigenvalue weighted by Crippen LogP contribution is 2.28. The predicted octanol–water partition coefficient (Wildman–Crippen LogP) is 3.86. The number of rotatable bonds is 10. The van der Waals surface area contributed by atoms with Crippen molar-refractivity contribution in [1.82, 2.24) is 19.8 Å². The molecule has 1 saturated heterocycles. The van der Waals surface area contributed by atoms with Crippen LogP contribution in [-0.2, 0) is 9.59 Å². The van der Waals surface area contributed by atoms with Gasteiger partial charge in [-0.1, -0.05) is 55.2 Å². The number of aliphatic hydroxyl groups is 1. The topological polar surface area (TPSA) is 114 Å². The Morgan fingerprint density at radius 3 is 2.11 bits per heavy atom. The number of hydrogen-bond donors (Lipinski definition) is 4. The number of carbonyl (C=O) groups excluding carboxylic acids is 3. The van der Waals surface area contributed by atoms with E-state index in [1.165, 1.54) is 0 Å². The van der Waals surface area contributed by atoms with Gasteiger partial charge in [-0.25, -0.2) is 9.52 Å². The molecule has 38 heavy (non-hydrogen) atoms. The van der Waals surface area contributed by atoms with Crippen molar-refractivity contribution >= 4 is 58.7 Å². The average molecular weight is 583 g/mol. The molecule has 0 spiro atoms. The van der Waals surface area contributed by atoms with Gasteiger partial charge in [-0.3, -0.25) is 9.59 Å². The monoisotopic (exact) mass is 581 g/mol. The van der Waals surface area contributed by atoms with Gasteiger partial charge in [0.1, 0.15) is 12.1 Å². The maximum atomic E-state index is 13.3. The summed E-state index contributed by atoms with van der Waals surface area (Å²) in [6.07, 6.45) is 0.487. The van der Waals surface area contributed by atoms with Crippen LogP contribution in [0.1, 0.15) is 20.3 Å². The Kier molecular flexibility index (Phi) is 11.5. The number of halogens is 2. The quantitative estimate of drug-likeness (QED) is 0.317. The molecule has 2 aromatic rings. The number of aliphatic hydroxyl groups excluding tert-OH is 1. The van der Waals surface area contributed by atoms with E-state index in [1.807, 2.05) is 32.0 Å². The van der Waals surface area contributed by atoms with Crippen molar-refractivity contribution in [3.8, 4) is 0 Å². The molecule has 0 saturated carbocycles. The Labute approximate surface area is 237 Å². The van der Waals surface area contributed by atoms with Gasteiger partial charge in [0.05, 0.1) is 11.6 Å². The van der Waals surface area contributed by atoms with Crippen molar-refractivity contribution in [1.29, 1.82) is 0 Å². The first kappa shape index (κ1) is 30.0. The van der Waals surface area contributed by atoms with Crippen LogP contribution in [0, 0.1) is 5.92 Å². The molecule has 206 valence electrons. The zero-order valence-electron chi connectivity index (χ0n) is 21.3. The molecule has 0 aliphatic carbocycles. The summed E-state index contributed by atoms with van der Waals surface area (Å²) in [5, 5.41) is 16.3. The van der Waals surface area contributed by atoms with Crippen LogP contribution < -0.4 is 15.4 Å². The zero-order chi connectivity index (χ0) is 27.7. The molecule has 1 heterocycles. The van der Waals surface area contributed by atoms with E-state index in [9.17, 15) is 19.5 Å². The van der Waals surface area contributed by atoms with Crippen LogP contribution in [0.2, 0.25) is 10.0 Å². The largest absolute Gasteiger partial charge is 0.394 e. The first-order valence-corrected chi connectivity index (χ1v) is 13.9. The van der Waals surface area contributed by atoms with Gasteiger partial charge in [-0.2, -0.15) is 0 Å². The Balaban J connectivity index is 1.54. The van der Waals surface area contributed by atoms with E-state index < -0.39 is 24.7 Å². The molecule has 1 fully saturated rings. The number of benzene rings is 2. The van der Waals surface area contributed by atoms with Crippen molar-refractivity contribution in [2.75, 3.05) is 38.1 Å². The van der Waals surface area contributed by atoms with Gasteiger partial charge in [0.25, 0.3) is 0 Å². The number of amides is 4. The second kappa shape index (κ2) is 14.6. The number of hydrogen-bond acceptors (Lipinski definition) is 6. The van der Waals surface area contributed by atoms with Crippen LogP contribution in [0.15, 0.2) is 53.4 Å². The molecule has 4 amide bonds. The van der Waals surface area contributed by atoms with E-state index in [0.717, 1.165) is 11.9 Å². The molecule has 0 bridgehead atoms. The van der Waals surface area contributed by atoms with Crippen molar-refractivity contribution in [3.05, 3.63) is 58.6 Å². The van der Waals surface area contributed by atoms with Crippen molar-refractivity contribution in [2.45, 2.75) is 37.2 Å². The van der Waals surface area contributed by atoms with Gasteiger partial charge < -0.3 is 25.5 Å². The smallest absolute Gasteiger partial charge is 0.319 e. The summed E-state index contributed by atoms with van der Waals surface area (Å²) in [5.74, 6) is -0.262. The van der Waals surface area contributed by atoms with Crippen molar-refractivity contribution < 1.29 is 19.5 Å². The molecule has 2 atom stereocenters. The summed E-state index contributed by atoms with van der Waals surface area (Å²) in [6, 6.07) is 12.1. The lowest BCUT2D eigenvalue weighted by atomic mass is 10.0. The molecule has 9 nitrogen and oxygen atoms in total. The molecular weight excluding hydrogens is 549 g/mol. The number of urea groups is 1. The molecule has 1 unspecified atom stereocenters. The number of carbonyl (C=O) groups is 3. The standard InChI is InChI=1S/C26H33Cl2N5O4S/c1-17(2)14-21(30-26(37)29-19-6-4-3-5-7-19)24(35)32-10-12-33(13-11-32)25(36)22(16-34)31-38-23-9-8-18(27)15-20(23)28/h3-9,15,17,21-22,31,34H,10-14,16H2,1-2H3,(H2,29,30,37)/t21?,22-/m0/s1. The third-order valence-corrected chi connectivity index (χ3v) is 7.57. The van der Waals surface area contributed by atoms with E-state index in [-0.39, 0.29) is 17.7 Å². The van der Waals surface area contributed by atoms with Gasteiger partial charge in [-0.05, 0) is 54.6 Å². The average Bonchev–Trinajstić information content (AvgIpc) is 2.89. The summed E-state index contributed by atoms with van der Waals surface area (Å²) in [4.78, 5) is 42.9. The van der Waals surface area contributed by atoms with Gasteiger partial charge in [0.2, 0.25) is 11.8 Å². The third kappa shape index (κ3) is 8.78. The maximum Gasteiger partial charge on any atom is 0.319 e. The molecule has 12 heteroatoms. The van der Waals surface area contributed by atoms with E-state index >= 15 is 0 Å². The molecule has 4 N–H and O–H groups in total. The summed E-state index contributed by atoms with van der Waals surface area (Å²) < 4.78 is 2.97. The Hall–Kier alpha value is -2.50. The summed E-state index contributed by atoms with van der Waals surface area (Å²) >= 11 is 13.3. The van der Waals surface area contributed by atoms with E-state index in [4.69, 9.17) is 23.2 Å². The Morgan fingerprint density at radius 2 is 1.55 bits per heavy atom. The summed E-state index contributed by atoms with van der Waals surface area (Å²) in [7, 11) is 0. The number of para-hydroxylation sites is 1. The first-order valence-electron chi connectivity index (χ1n) is 12.4. The van der Waals surface area contributed by atoms with E-state index in [1.54, 1.807) is 40.1 Å². The molecule has 2 aromatic carbocycles. The highest BCUT2D eigenvalue weighted by atomic mass is 35.5.